The van der Waals surface area contributed by atoms with Crippen LogP contribution in [-0.2, 0) is 4.74 Å². The van der Waals surface area contributed by atoms with Gasteiger partial charge in [-0.3, -0.25) is 0 Å². The predicted octanol–water partition coefficient (Wildman–Crippen LogP) is 3.10. The van der Waals surface area contributed by atoms with Crippen molar-refractivity contribution in [2.24, 2.45) is 11.1 Å². The Morgan fingerprint density at radius 2 is 1.73 bits per heavy atom. The molecule has 0 aromatic heterocycles. The van der Waals surface area contributed by atoms with Crippen LogP contribution in [0.15, 0.2) is 0 Å². The highest BCUT2D eigenvalue weighted by molar-refractivity contribution is 4.91. The number of hydrogen-bond acceptors (Lipinski definition) is 2. The summed E-state index contributed by atoms with van der Waals surface area (Å²) in [6, 6.07) is 0. The molecule has 1 aliphatic rings. The average Bonchev–Trinajstić information content (AvgIpc) is 2.22. The van der Waals surface area contributed by atoms with Crippen molar-refractivity contribution in [3.05, 3.63) is 0 Å². The fraction of sp³-hybridized carbons (Fsp3) is 1.00. The molecule has 0 bridgehead atoms. The minimum absolute atomic E-state index is 0.0229. The van der Waals surface area contributed by atoms with Gasteiger partial charge in [0.1, 0.15) is 0 Å². The first-order valence-corrected chi connectivity index (χ1v) is 6.31. The summed E-state index contributed by atoms with van der Waals surface area (Å²) in [6.07, 6.45) is 6.14. The minimum atomic E-state index is -0.0229. The lowest BCUT2D eigenvalue weighted by molar-refractivity contribution is -0.115. The zero-order valence-electron chi connectivity index (χ0n) is 10.8. The van der Waals surface area contributed by atoms with Gasteiger partial charge >= 0.3 is 0 Å². The second-order valence-electron chi connectivity index (χ2n) is 5.89. The first kappa shape index (κ1) is 13.0. The number of ether oxygens (including phenoxy) is 1. The molecule has 90 valence electrons. The Morgan fingerprint density at radius 1 is 1.20 bits per heavy atom. The van der Waals surface area contributed by atoms with Gasteiger partial charge in [-0.15, -0.1) is 0 Å². The molecule has 0 heterocycles. The van der Waals surface area contributed by atoms with Crippen LogP contribution >= 0.6 is 0 Å². The summed E-state index contributed by atoms with van der Waals surface area (Å²) in [5.74, 6) is 0. The molecule has 0 spiro atoms. The van der Waals surface area contributed by atoms with E-state index in [1.54, 1.807) is 0 Å². The van der Waals surface area contributed by atoms with Crippen LogP contribution < -0.4 is 5.73 Å². The quantitative estimate of drug-likeness (QED) is 0.779. The molecule has 1 fully saturated rings. The van der Waals surface area contributed by atoms with Gasteiger partial charge in [0.25, 0.3) is 0 Å². The van der Waals surface area contributed by atoms with Crippen molar-refractivity contribution >= 4 is 0 Å². The molecule has 0 aromatic rings. The van der Waals surface area contributed by atoms with E-state index in [4.69, 9.17) is 10.5 Å². The smallest absolute Gasteiger partial charge is 0.0808 e. The van der Waals surface area contributed by atoms with Gasteiger partial charge < -0.3 is 10.5 Å². The molecule has 0 aliphatic heterocycles. The largest absolute Gasteiger partial charge is 0.371 e. The molecule has 1 aliphatic carbocycles. The van der Waals surface area contributed by atoms with Gasteiger partial charge in [0.2, 0.25) is 0 Å². The maximum Gasteiger partial charge on any atom is 0.0808 e. The Morgan fingerprint density at radius 3 is 2.13 bits per heavy atom. The standard InChI is InChI=1S/C13H27NO/c1-5-11(2)15-13(10-14)8-6-12(3,4)7-9-13/h11H,5-10,14H2,1-4H3. The van der Waals surface area contributed by atoms with Crippen molar-refractivity contribution in [2.75, 3.05) is 6.54 Å². The van der Waals surface area contributed by atoms with Gasteiger partial charge in [-0.1, -0.05) is 20.8 Å². The van der Waals surface area contributed by atoms with Crippen LogP contribution in [0.25, 0.3) is 0 Å². The number of hydrogen-bond donors (Lipinski definition) is 1. The normalized spacial score (nSPS) is 26.2. The Hall–Kier alpha value is -0.0800. The molecule has 2 heteroatoms. The molecule has 0 amide bonds. The van der Waals surface area contributed by atoms with Crippen molar-refractivity contribution in [1.82, 2.24) is 0 Å². The van der Waals surface area contributed by atoms with E-state index in [0.717, 1.165) is 19.3 Å². The van der Waals surface area contributed by atoms with Gasteiger partial charge in [-0.05, 0) is 44.4 Å². The van der Waals surface area contributed by atoms with Crippen LogP contribution in [0.5, 0.6) is 0 Å². The summed E-state index contributed by atoms with van der Waals surface area (Å²) in [6.45, 7) is 9.68. The second-order valence-corrected chi connectivity index (χ2v) is 5.89. The maximum atomic E-state index is 6.15. The van der Waals surface area contributed by atoms with Crippen LogP contribution in [0.2, 0.25) is 0 Å². The van der Waals surface area contributed by atoms with Crippen LogP contribution in [0.1, 0.15) is 59.8 Å². The summed E-state index contributed by atoms with van der Waals surface area (Å²) >= 11 is 0. The molecule has 15 heavy (non-hydrogen) atoms. The van der Waals surface area contributed by atoms with Crippen LogP contribution in [0.3, 0.4) is 0 Å². The van der Waals surface area contributed by atoms with E-state index in [2.05, 4.69) is 27.7 Å². The highest BCUT2D eigenvalue weighted by Gasteiger charge is 2.38. The summed E-state index contributed by atoms with van der Waals surface area (Å²) < 4.78 is 6.15. The third-order valence-electron chi connectivity index (χ3n) is 3.91. The fourth-order valence-corrected chi connectivity index (χ4v) is 2.26. The molecular weight excluding hydrogens is 186 g/mol. The Balaban J connectivity index is 2.56. The third-order valence-corrected chi connectivity index (χ3v) is 3.91. The molecule has 1 atom stereocenters. The molecule has 1 unspecified atom stereocenters. The molecule has 2 nitrogen and oxygen atoms in total. The van der Waals surface area contributed by atoms with E-state index >= 15 is 0 Å². The zero-order chi connectivity index (χ0) is 11.5. The van der Waals surface area contributed by atoms with E-state index in [1.807, 2.05) is 0 Å². The Kier molecular flexibility index (Phi) is 4.19. The highest BCUT2D eigenvalue weighted by atomic mass is 16.5. The van der Waals surface area contributed by atoms with Crippen molar-refractivity contribution < 1.29 is 4.74 Å². The average molecular weight is 213 g/mol. The van der Waals surface area contributed by atoms with Gasteiger partial charge in [0, 0.05) is 6.54 Å². The molecule has 0 saturated heterocycles. The van der Waals surface area contributed by atoms with E-state index in [0.29, 0.717) is 18.1 Å². The number of rotatable bonds is 4. The molecule has 2 N–H and O–H groups in total. The van der Waals surface area contributed by atoms with Crippen molar-refractivity contribution in [2.45, 2.75) is 71.5 Å². The number of nitrogens with two attached hydrogens (primary N) is 1. The van der Waals surface area contributed by atoms with Gasteiger partial charge in [0.05, 0.1) is 11.7 Å². The van der Waals surface area contributed by atoms with Crippen LogP contribution in [-0.4, -0.2) is 18.2 Å². The van der Waals surface area contributed by atoms with E-state index < -0.39 is 0 Å². The SMILES string of the molecule is CCC(C)OC1(CN)CCC(C)(C)CC1. The van der Waals surface area contributed by atoms with Crippen molar-refractivity contribution in [3.8, 4) is 0 Å². The zero-order valence-corrected chi connectivity index (χ0v) is 10.8. The molecule has 0 aromatic carbocycles. The Bertz CT molecular complexity index is 191. The second kappa shape index (κ2) is 4.84. The van der Waals surface area contributed by atoms with E-state index in [1.165, 1.54) is 12.8 Å². The summed E-state index contributed by atoms with van der Waals surface area (Å²) in [7, 11) is 0. The van der Waals surface area contributed by atoms with Gasteiger partial charge in [0.15, 0.2) is 0 Å². The topological polar surface area (TPSA) is 35.2 Å². The lowest BCUT2D eigenvalue weighted by atomic mass is 9.71. The van der Waals surface area contributed by atoms with Gasteiger partial charge in [-0.25, -0.2) is 0 Å². The van der Waals surface area contributed by atoms with E-state index in [9.17, 15) is 0 Å². The lowest BCUT2D eigenvalue weighted by Gasteiger charge is -2.44. The van der Waals surface area contributed by atoms with Crippen LogP contribution in [0.4, 0.5) is 0 Å². The summed E-state index contributed by atoms with van der Waals surface area (Å²) in [5.41, 5.74) is 6.37. The van der Waals surface area contributed by atoms with Crippen molar-refractivity contribution in [1.29, 1.82) is 0 Å². The first-order chi connectivity index (χ1) is 6.93. The summed E-state index contributed by atoms with van der Waals surface area (Å²) in [5, 5.41) is 0. The van der Waals surface area contributed by atoms with Crippen molar-refractivity contribution in [3.63, 3.8) is 0 Å². The highest BCUT2D eigenvalue weighted by Crippen LogP contribution is 2.42. The summed E-state index contributed by atoms with van der Waals surface area (Å²) in [4.78, 5) is 0. The monoisotopic (exact) mass is 213 g/mol. The maximum absolute atomic E-state index is 6.15. The predicted molar refractivity (Wildman–Crippen MR) is 64.9 cm³/mol. The molecule has 0 radical (unpaired) electrons. The van der Waals surface area contributed by atoms with E-state index in [-0.39, 0.29) is 5.60 Å². The molecule has 1 rings (SSSR count). The lowest BCUT2D eigenvalue weighted by Crippen LogP contribution is -2.47. The third kappa shape index (κ3) is 3.46. The van der Waals surface area contributed by atoms with Crippen LogP contribution in [0, 0.1) is 5.41 Å². The van der Waals surface area contributed by atoms with Gasteiger partial charge in [-0.2, -0.15) is 0 Å². The minimum Gasteiger partial charge on any atom is -0.371 e. The first-order valence-electron chi connectivity index (χ1n) is 6.31. The fourth-order valence-electron chi connectivity index (χ4n) is 2.26. The molecule has 1 saturated carbocycles. The Labute approximate surface area is 94.6 Å². The molecular formula is C13H27NO.